The van der Waals surface area contributed by atoms with Gasteiger partial charge in [-0.05, 0) is 0 Å². The molecule has 0 fully saturated rings. The van der Waals surface area contributed by atoms with Crippen molar-refractivity contribution in [1.29, 1.82) is 0 Å². The van der Waals surface area contributed by atoms with Gasteiger partial charge in [0.25, 0.3) is 0 Å². The Hall–Kier alpha value is 0.456. The van der Waals surface area contributed by atoms with Crippen molar-refractivity contribution in [3.05, 3.63) is 0 Å². The monoisotopic (exact) mass is 480 g/mol. The third-order valence-corrected chi connectivity index (χ3v) is 0. The van der Waals surface area contributed by atoms with Crippen LogP contribution in [0, 0.1) is 0 Å². The van der Waals surface area contributed by atoms with Gasteiger partial charge >= 0.3 is 135 Å². The molecule has 0 saturated carbocycles. The molecule has 0 spiro atoms. The summed E-state index contributed by atoms with van der Waals surface area (Å²) in [6, 6.07) is 0. The Labute approximate surface area is 135 Å². The van der Waals surface area contributed by atoms with E-state index in [-0.39, 0.29) is 34.7 Å². The average molecular weight is 480 g/mol. The molecule has 0 heterocycles. The molecular formula is Al2F18Si3. The summed E-state index contributed by atoms with van der Waals surface area (Å²) in [6.07, 6.45) is 0. The number of halogens is 18. The first-order chi connectivity index (χ1) is 7.35. The molecule has 0 unspecified atom stereocenters. The summed E-state index contributed by atoms with van der Waals surface area (Å²) in [6.45, 7) is 0. The van der Waals surface area contributed by atoms with Gasteiger partial charge in [0.2, 0.25) is 0 Å². The summed E-state index contributed by atoms with van der Waals surface area (Å²) in [5.41, 5.74) is 0. The van der Waals surface area contributed by atoms with Crippen LogP contribution >= 0.6 is 0 Å². The Balaban J connectivity index is -0.0000000675. The van der Waals surface area contributed by atoms with Crippen LogP contribution in [0.4, 0.5) is 73.9 Å². The van der Waals surface area contributed by atoms with Crippen LogP contribution in [-0.2, 0) is 0 Å². The van der Waals surface area contributed by atoms with Crippen LogP contribution in [0.3, 0.4) is 0 Å². The van der Waals surface area contributed by atoms with E-state index in [1.54, 1.807) is 0 Å². The standard InChI is InChI=1S/2Al.3F6Si/c;;3*1-7(2,3,4,5)6/q2*+3;3*-2. The van der Waals surface area contributed by atoms with E-state index in [4.69, 9.17) is 0 Å². The minimum atomic E-state index is -10.8. The molecule has 0 saturated heterocycles. The van der Waals surface area contributed by atoms with Crippen molar-refractivity contribution in [1.82, 2.24) is 0 Å². The van der Waals surface area contributed by atoms with Crippen LogP contribution in [0.25, 0.3) is 0 Å². The molecule has 23 heavy (non-hydrogen) atoms. The third kappa shape index (κ3) is 45300. The minimum absolute atomic E-state index is 0. The fourth-order valence-corrected chi connectivity index (χ4v) is 0. The number of rotatable bonds is 0. The zero-order chi connectivity index (χ0) is 19.2. The van der Waals surface area contributed by atoms with E-state index in [0.717, 1.165) is 0 Å². The van der Waals surface area contributed by atoms with E-state index in [1.165, 1.54) is 0 Å². The summed E-state index contributed by atoms with van der Waals surface area (Å²) in [5, 5.41) is 0. The first-order valence-electron chi connectivity index (χ1n) is 3.40. The predicted octanol–water partition coefficient (Wildman–Crippen LogP) is 5.66. The first-order valence-corrected chi connectivity index (χ1v) is 10.2. The smallest absolute Gasteiger partial charge is 3.00 e. The van der Waals surface area contributed by atoms with Crippen molar-refractivity contribution in [3.8, 4) is 0 Å². The van der Waals surface area contributed by atoms with E-state index in [2.05, 4.69) is 0 Å². The summed E-state index contributed by atoms with van der Waals surface area (Å²) >= 11 is 0. The number of hydrogen-bond donors (Lipinski definition) is 0. The van der Waals surface area contributed by atoms with Crippen molar-refractivity contribution >= 4 is 60.6 Å². The number of hydrogen-bond acceptors (Lipinski definition) is 0. The molecular weight excluding hydrogens is 480 g/mol. The molecule has 23 heteroatoms. The van der Waals surface area contributed by atoms with E-state index in [0.29, 0.717) is 0 Å². The predicted molar refractivity (Wildman–Crippen MR) is 48.7 cm³/mol. The van der Waals surface area contributed by atoms with Crippen LogP contribution in [-0.4, -0.2) is 60.6 Å². The fraction of sp³-hybridized carbons (Fsp3) is 0. The van der Waals surface area contributed by atoms with Crippen LogP contribution in [0.15, 0.2) is 0 Å². The average Bonchev–Trinajstić information content (AvgIpc) is 1.19. The Kier molecular flexibility index (Phi) is 7.55. The Bertz CT molecular complexity index is 269. The summed E-state index contributed by atoms with van der Waals surface area (Å²) < 4.78 is 178. The third-order valence-electron chi connectivity index (χ3n) is 0. The van der Waals surface area contributed by atoms with Crippen molar-refractivity contribution in [2.24, 2.45) is 0 Å². The second-order valence-electron chi connectivity index (χ2n) is 3.21. The van der Waals surface area contributed by atoms with E-state index < -0.39 is 25.9 Å². The molecule has 0 bridgehead atoms. The SMILES string of the molecule is F[Si-2](F)(F)(F)(F)F.F[Si-2](F)(F)(F)(F)F.F[Si-2](F)(F)(F)(F)F.[Al+3].[Al+3]. The molecule has 0 aliphatic rings. The second-order valence-corrected chi connectivity index (χ2v) is 9.64. The Morgan fingerprint density at radius 3 is 0.217 bits per heavy atom. The van der Waals surface area contributed by atoms with Gasteiger partial charge in [-0.3, -0.25) is 0 Å². The molecule has 0 aromatic rings. The molecule has 0 aromatic carbocycles. The van der Waals surface area contributed by atoms with Gasteiger partial charge in [0.15, 0.2) is 0 Å². The molecule has 0 rings (SSSR count). The second kappa shape index (κ2) is 5.00. The van der Waals surface area contributed by atoms with Gasteiger partial charge in [-0.25, -0.2) is 0 Å². The van der Waals surface area contributed by atoms with Crippen LogP contribution in [0.1, 0.15) is 0 Å². The molecule has 144 valence electrons. The largest absolute Gasteiger partial charge is 3.00 e. The fourth-order valence-electron chi connectivity index (χ4n) is 0. The first kappa shape index (κ1) is 34.7. The van der Waals surface area contributed by atoms with Crippen molar-refractivity contribution in [2.75, 3.05) is 0 Å². The van der Waals surface area contributed by atoms with Gasteiger partial charge in [0.05, 0.1) is 0 Å². The van der Waals surface area contributed by atoms with Crippen LogP contribution in [0.5, 0.6) is 0 Å². The maximum atomic E-state index is 9.88. The van der Waals surface area contributed by atoms with Gasteiger partial charge in [0.1, 0.15) is 0 Å². The summed E-state index contributed by atoms with van der Waals surface area (Å²) in [7, 11) is -32.5. The summed E-state index contributed by atoms with van der Waals surface area (Å²) in [4.78, 5) is 0. The van der Waals surface area contributed by atoms with Gasteiger partial charge in [-0.2, -0.15) is 0 Å². The molecule has 0 aliphatic carbocycles. The molecule has 0 aromatic heterocycles. The molecule has 0 amide bonds. The quantitative estimate of drug-likeness (QED) is 0.239. The zero-order valence-corrected chi connectivity index (χ0v) is 14.8. The maximum Gasteiger partial charge on any atom is 3.00 e. The molecule has 0 radical (unpaired) electrons. The van der Waals surface area contributed by atoms with Crippen molar-refractivity contribution in [3.63, 3.8) is 0 Å². The van der Waals surface area contributed by atoms with Crippen LogP contribution < -0.4 is 0 Å². The van der Waals surface area contributed by atoms with Gasteiger partial charge in [-0.15, -0.1) is 0 Å². The zero-order valence-electron chi connectivity index (χ0n) is 9.46. The molecule has 0 nitrogen and oxygen atoms in total. The Morgan fingerprint density at radius 1 is 0.217 bits per heavy atom. The normalized spacial score (nSPS) is 21.1. The van der Waals surface area contributed by atoms with Crippen LogP contribution in [0.2, 0.25) is 0 Å². The van der Waals surface area contributed by atoms with E-state index >= 15 is 0 Å². The van der Waals surface area contributed by atoms with Gasteiger partial charge < -0.3 is 0 Å². The topological polar surface area (TPSA) is 0 Å². The molecule has 0 atom stereocenters. The van der Waals surface area contributed by atoms with Gasteiger partial charge in [-0.1, -0.05) is 0 Å². The minimum Gasteiger partial charge on any atom is 3.00 e. The molecule has 0 aliphatic heterocycles. The molecule has 0 N–H and O–H groups in total. The van der Waals surface area contributed by atoms with Crippen molar-refractivity contribution in [2.45, 2.75) is 0 Å². The van der Waals surface area contributed by atoms with E-state index in [1.807, 2.05) is 0 Å². The Morgan fingerprint density at radius 2 is 0.217 bits per heavy atom. The van der Waals surface area contributed by atoms with Crippen molar-refractivity contribution < 1.29 is 73.9 Å². The summed E-state index contributed by atoms with van der Waals surface area (Å²) in [5.74, 6) is 0. The van der Waals surface area contributed by atoms with E-state index in [9.17, 15) is 73.9 Å². The van der Waals surface area contributed by atoms with Gasteiger partial charge in [0, 0.05) is 0 Å². The maximum absolute atomic E-state index is 10.8.